The van der Waals surface area contributed by atoms with Gasteiger partial charge in [0.15, 0.2) is 0 Å². The van der Waals surface area contributed by atoms with Crippen LogP contribution < -0.4 is 10.1 Å². The number of halogens is 4. The zero-order chi connectivity index (χ0) is 15.6. The second-order valence-corrected chi connectivity index (χ2v) is 5.09. The Morgan fingerprint density at radius 3 is 2.50 bits per heavy atom. The van der Waals surface area contributed by atoms with Crippen LogP contribution in [0, 0.1) is 0 Å². The highest BCUT2D eigenvalue weighted by Gasteiger charge is 2.57. The molecular formula is C12H13BrF3NO3. The van der Waals surface area contributed by atoms with Gasteiger partial charge in [-0.3, -0.25) is 5.32 Å². The van der Waals surface area contributed by atoms with E-state index in [4.69, 9.17) is 9.84 Å². The lowest BCUT2D eigenvalue weighted by molar-refractivity contribution is -0.206. The molecule has 0 aliphatic heterocycles. The fourth-order valence-electron chi connectivity index (χ4n) is 1.38. The second kappa shape index (κ2) is 6.01. The molecule has 1 unspecified atom stereocenters. The Hall–Kier alpha value is -1.28. The average molecular weight is 356 g/mol. The van der Waals surface area contributed by atoms with Crippen molar-refractivity contribution in [3.63, 3.8) is 0 Å². The molecule has 0 amide bonds. The highest BCUT2D eigenvalue weighted by Crippen LogP contribution is 2.31. The number of methoxy groups -OCH3 is 1. The number of carbonyl (C=O) groups is 1. The van der Waals surface area contributed by atoms with Crippen LogP contribution in [0.5, 0.6) is 5.75 Å². The molecule has 20 heavy (non-hydrogen) atoms. The van der Waals surface area contributed by atoms with Crippen LogP contribution in [0.15, 0.2) is 22.7 Å². The number of carboxylic acids is 1. The molecule has 0 spiro atoms. The van der Waals surface area contributed by atoms with Gasteiger partial charge in [0.1, 0.15) is 5.75 Å². The Labute approximate surface area is 122 Å². The number of alkyl halides is 3. The molecule has 0 bridgehead atoms. The van der Waals surface area contributed by atoms with Crippen molar-refractivity contribution in [3.05, 3.63) is 28.2 Å². The molecule has 1 aromatic rings. The van der Waals surface area contributed by atoms with Crippen LogP contribution in [0.3, 0.4) is 0 Å². The molecule has 1 atom stereocenters. The molecule has 0 heterocycles. The fourth-order valence-corrected chi connectivity index (χ4v) is 1.77. The zero-order valence-electron chi connectivity index (χ0n) is 10.7. The van der Waals surface area contributed by atoms with Crippen LogP contribution in [-0.2, 0) is 11.3 Å². The van der Waals surface area contributed by atoms with Crippen molar-refractivity contribution in [2.75, 3.05) is 7.11 Å². The summed E-state index contributed by atoms with van der Waals surface area (Å²) in [6, 6.07) is 4.77. The summed E-state index contributed by atoms with van der Waals surface area (Å²) >= 11 is 3.19. The number of hydrogen-bond donors (Lipinski definition) is 2. The maximum atomic E-state index is 12.8. The van der Waals surface area contributed by atoms with Gasteiger partial charge in [0.2, 0.25) is 5.54 Å². The molecule has 4 nitrogen and oxygen atoms in total. The number of rotatable bonds is 5. The number of nitrogens with one attached hydrogen (secondary N) is 1. The SMILES string of the molecule is COc1ccc(Br)c(CNC(C)(C(=O)O)C(F)(F)F)c1. The molecule has 1 aromatic carbocycles. The predicted octanol–water partition coefficient (Wildman–Crippen LogP) is 2.95. The van der Waals surface area contributed by atoms with Crippen LogP contribution in [0.2, 0.25) is 0 Å². The van der Waals surface area contributed by atoms with Crippen LogP contribution in [0.25, 0.3) is 0 Å². The first-order valence-corrected chi connectivity index (χ1v) is 6.28. The van der Waals surface area contributed by atoms with Gasteiger partial charge in [0.25, 0.3) is 0 Å². The summed E-state index contributed by atoms with van der Waals surface area (Å²) in [5, 5.41) is 10.8. The number of aliphatic carboxylic acids is 1. The largest absolute Gasteiger partial charge is 0.497 e. The van der Waals surface area contributed by atoms with E-state index in [9.17, 15) is 18.0 Å². The van der Waals surface area contributed by atoms with Gasteiger partial charge < -0.3 is 9.84 Å². The summed E-state index contributed by atoms with van der Waals surface area (Å²) in [6.07, 6.45) is -4.91. The summed E-state index contributed by atoms with van der Waals surface area (Å²) in [7, 11) is 1.43. The zero-order valence-corrected chi connectivity index (χ0v) is 12.3. The van der Waals surface area contributed by atoms with E-state index >= 15 is 0 Å². The van der Waals surface area contributed by atoms with Crippen molar-refractivity contribution in [1.82, 2.24) is 5.32 Å². The van der Waals surface area contributed by atoms with Crippen molar-refractivity contribution in [2.24, 2.45) is 0 Å². The highest BCUT2D eigenvalue weighted by atomic mass is 79.9. The lowest BCUT2D eigenvalue weighted by atomic mass is 10.0. The molecule has 0 saturated heterocycles. The van der Waals surface area contributed by atoms with E-state index in [0.29, 0.717) is 22.7 Å². The third-order valence-electron chi connectivity index (χ3n) is 2.88. The van der Waals surface area contributed by atoms with E-state index < -0.39 is 17.7 Å². The maximum Gasteiger partial charge on any atom is 0.417 e. The molecular weight excluding hydrogens is 343 g/mol. The van der Waals surface area contributed by atoms with Gasteiger partial charge in [-0.1, -0.05) is 15.9 Å². The number of ether oxygens (including phenoxy) is 1. The molecule has 2 N–H and O–H groups in total. The second-order valence-electron chi connectivity index (χ2n) is 4.24. The topological polar surface area (TPSA) is 58.6 Å². The van der Waals surface area contributed by atoms with E-state index in [-0.39, 0.29) is 6.54 Å². The molecule has 8 heteroatoms. The predicted molar refractivity (Wildman–Crippen MR) is 69.6 cm³/mol. The summed E-state index contributed by atoms with van der Waals surface area (Å²) in [4.78, 5) is 10.9. The Bertz CT molecular complexity index is 507. The van der Waals surface area contributed by atoms with E-state index in [2.05, 4.69) is 15.9 Å². The summed E-state index contributed by atoms with van der Waals surface area (Å²) in [5.41, 5.74) is -2.56. The molecule has 0 aliphatic carbocycles. The van der Waals surface area contributed by atoms with Crippen LogP contribution in [0.1, 0.15) is 12.5 Å². The summed E-state index contributed by atoms with van der Waals surface area (Å²) in [5.74, 6) is -1.52. The minimum absolute atomic E-state index is 0.278. The van der Waals surface area contributed by atoms with Gasteiger partial charge in [-0.25, -0.2) is 4.79 Å². The third kappa shape index (κ3) is 3.43. The van der Waals surface area contributed by atoms with Crippen molar-refractivity contribution < 1.29 is 27.8 Å². The molecule has 0 radical (unpaired) electrons. The van der Waals surface area contributed by atoms with Gasteiger partial charge >= 0.3 is 12.1 Å². The first-order chi connectivity index (χ1) is 9.11. The molecule has 0 fully saturated rings. The van der Waals surface area contributed by atoms with E-state index in [1.54, 1.807) is 12.1 Å². The van der Waals surface area contributed by atoms with Gasteiger partial charge in [-0.15, -0.1) is 0 Å². The van der Waals surface area contributed by atoms with Crippen LogP contribution in [0.4, 0.5) is 13.2 Å². The molecule has 0 aliphatic rings. The van der Waals surface area contributed by atoms with Crippen molar-refractivity contribution in [1.29, 1.82) is 0 Å². The first kappa shape index (κ1) is 16.8. The molecule has 0 saturated carbocycles. The Morgan fingerprint density at radius 2 is 2.05 bits per heavy atom. The van der Waals surface area contributed by atoms with Crippen molar-refractivity contribution in [3.8, 4) is 5.75 Å². The number of benzene rings is 1. The lowest BCUT2D eigenvalue weighted by Gasteiger charge is -2.29. The van der Waals surface area contributed by atoms with Crippen LogP contribution in [-0.4, -0.2) is 29.9 Å². The average Bonchev–Trinajstić information content (AvgIpc) is 2.35. The lowest BCUT2D eigenvalue weighted by Crippen LogP contribution is -2.59. The summed E-state index contributed by atoms with van der Waals surface area (Å²) in [6.45, 7) is 0.309. The number of hydrogen-bond acceptors (Lipinski definition) is 3. The molecule has 1 rings (SSSR count). The van der Waals surface area contributed by atoms with Crippen molar-refractivity contribution >= 4 is 21.9 Å². The normalized spacial score (nSPS) is 14.7. The van der Waals surface area contributed by atoms with Crippen LogP contribution >= 0.6 is 15.9 Å². The third-order valence-corrected chi connectivity index (χ3v) is 3.65. The van der Waals surface area contributed by atoms with Crippen molar-refractivity contribution in [2.45, 2.75) is 25.2 Å². The Balaban J connectivity index is 2.97. The smallest absolute Gasteiger partial charge is 0.417 e. The van der Waals surface area contributed by atoms with E-state index in [1.807, 2.05) is 5.32 Å². The minimum atomic E-state index is -4.91. The van der Waals surface area contributed by atoms with Gasteiger partial charge in [0, 0.05) is 11.0 Å². The Kier molecular flexibility index (Phi) is 5.04. The fraction of sp³-hybridized carbons (Fsp3) is 0.417. The molecule has 0 aromatic heterocycles. The highest BCUT2D eigenvalue weighted by molar-refractivity contribution is 9.10. The minimum Gasteiger partial charge on any atom is -0.497 e. The van der Waals surface area contributed by atoms with Gasteiger partial charge in [-0.05, 0) is 30.7 Å². The monoisotopic (exact) mass is 355 g/mol. The first-order valence-electron chi connectivity index (χ1n) is 5.49. The van der Waals surface area contributed by atoms with E-state index in [1.165, 1.54) is 13.2 Å². The summed E-state index contributed by atoms with van der Waals surface area (Å²) < 4.78 is 44.0. The maximum absolute atomic E-state index is 12.8. The number of carboxylic acid groups (broad SMARTS) is 1. The molecule has 112 valence electrons. The van der Waals surface area contributed by atoms with Gasteiger partial charge in [0.05, 0.1) is 7.11 Å². The Morgan fingerprint density at radius 1 is 1.45 bits per heavy atom. The standard InChI is InChI=1S/C12H13BrF3NO3/c1-11(10(18)19,12(14,15)16)17-6-7-5-8(20-2)3-4-9(7)13/h3-5,17H,6H2,1-2H3,(H,18,19). The van der Waals surface area contributed by atoms with E-state index in [0.717, 1.165) is 0 Å². The quantitative estimate of drug-likeness (QED) is 0.852. The van der Waals surface area contributed by atoms with Gasteiger partial charge in [-0.2, -0.15) is 13.2 Å².